The topological polar surface area (TPSA) is 63.6 Å². The average Bonchev–Trinajstić information content (AvgIpc) is 2.46. The molecule has 0 saturated heterocycles. The Bertz CT molecular complexity index is 685. The highest BCUT2D eigenvalue weighted by atomic mass is 127. The van der Waals surface area contributed by atoms with Gasteiger partial charge in [-0.15, -0.1) is 0 Å². The number of carbonyl (C=O) groups excluding carboxylic acids is 1. The highest BCUT2D eigenvalue weighted by Gasteiger charge is 2.18. The summed E-state index contributed by atoms with van der Waals surface area (Å²) in [4.78, 5) is 23.6. The molecule has 0 saturated carbocycles. The lowest BCUT2D eigenvalue weighted by Gasteiger charge is -2.09. The normalized spacial score (nSPS) is 10.2. The number of methoxy groups -OCH3 is 1. The lowest BCUT2D eigenvalue weighted by atomic mass is 10.0. The second-order valence-corrected chi connectivity index (χ2v) is 6.50. The van der Waals surface area contributed by atoms with Crippen LogP contribution in [-0.2, 0) is 0 Å². The number of carboxylic acid groups (broad SMARTS) is 1. The summed E-state index contributed by atoms with van der Waals surface area (Å²) in [6.45, 7) is 0. The molecular weight excluding hydrogens is 498 g/mol. The van der Waals surface area contributed by atoms with Crippen molar-refractivity contribution in [3.63, 3.8) is 0 Å². The fraction of sp³-hybridized carbons (Fsp3) is 0.0667. The second-order valence-electron chi connectivity index (χ2n) is 4.18. The molecule has 6 heteroatoms. The molecular formula is C15H10I2O4. The van der Waals surface area contributed by atoms with Crippen LogP contribution < -0.4 is 4.74 Å². The fourth-order valence-corrected chi connectivity index (χ4v) is 4.06. The number of ether oxygens (including phenoxy) is 1. The molecule has 2 rings (SSSR count). The van der Waals surface area contributed by atoms with Crippen molar-refractivity contribution < 1.29 is 19.4 Å². The number of hydrogen-bond acceptors (Lipinski definition) is 3. The van der Waals surface area contributed by atoms with Crippen molar-refractivity contribution in [2.45, 2.75) is 0 Å². The molecule has 0 amide bonds. The van der Waals surface area contributed by atoms with Crippen molar-refractivity contribution in [1.82, 2.24) is 0 Å². The molecule has 2 aromatic carbocycles. The summed E-state index contributed by atoms with van der Waals surface area (Å²) in [6, 6.07) is 9.83. The van der Waals surface area contributed by atoms with Gasteiger partial charge >= 0.3 is 5.97 Å². The molecule has 0 fully saturated rings. The average molecular weight is 508 g/mol. The van der Waals surface area contributed by atoms with Crippen LogP contribution in [0, 0.1) is 7.14 Å². The largest absolute Gasteiger partial charge is 0.497 e. The van der Waals surface area contributed by atoms with E-state index in [2.05, 4.69) is 0 Å². The van der Waals surface area contributed by atoms with E-state index in [0.29, 0.717) is 24.0 Å². The first-order valence-electron chi connectivity index (χ1n) is 5.85. The number of rotatable bonds is 4. The summed E-state index contributed by atoms with van der Waals surface area (Å²) in [7, 11) is 1.56. The summed E-state index contributed by atoms with van der Waals surface area (Å²) in [5, 5.41) is 9.03. The van der Waals surface area contributed by atoms with Crippen LogP contribution in [0.5, 0.6) is 5.75 Å². The second kappa shape index (κ2) is 6.73. The molecule has 0 heterocycles. The molecule has 2 aromatic rings. The monoisotopic (exact) mass is 508 g/mol. The molecule has 0 bridgehead atoms. The van der Waals surface area contributed by atoms with Gasteiger partial charge in [0.2, 0.25) is 0 Å². The van der Waals surface area contributed by atoms with E-state index >= 15 is 0 Å². The predicted molar refractivity (Wildman–Crippen MR) is 95.3 cm³/mol. The first kappa shape index (κ1) is 16.2. The summed E-state index contributed by atoms with van der Waals surface area (Å²) in [6.07, 6.45) is 0. The Balaban J connectivity index is 2.45. The number of halogens is 2. The van der Waals surface area contributed by atoms with Crippen LogP contribution in [0.25, 0.3) is 0 Å². The molecule has 0 aliphatic rings. The van der Waals surface area contributed by atoms with Gasteiger partial charge in [0.15, 0.2) is 5.78 Å². The Morgan fingerprint density at radius 2 is 1.52 bits per heavy atom. The molecule has 0 unspecified atom stereocenters. The first-order valence-corrected chi connectivity index (χ1v) is 8.01. The summed E-state index contributed by atoms with van der Waals surface area (Å²) >= 11 is 3.97. The molecule has 0 aliphatic heterocycles. The van der Waals surface area contributed by atoms with Crippen LogP contribution in [0.3, 0.4) is 0 Å². The van der Waals surface area contributed by atoms with E-state index < -0.39 is 5.97 Å². The van der Waals surface area contributed by atoms with E-state index in [-0.39, 0.29) is 11.3 Å². The van der Waals surface area contributed by atoms with Gasteiger partial charge in [-0.3, -0.25) is 4.79 Å². The van der Waals surface area contributed by atoms with E-state index in [1.165, 1.54) is 12.1 Å². The number of hydrogen-bond donors (Lipinski definition) is 1. The van der Waals surface area contributed by atoms with Gasteiger partial charge in [-0.1, -0.05) is 0 Å². The maximum atomic E-state index is 12.6. The molecule has 108 valence electrons. The first-order chi connectivity index (χ1) is 9.93. The third kappa shape index (κ3) is 3.54. The predicted octanol–water partition coefficient (Wildman–Crippen LogP) is 3.83. The lowest BCUT2D eigenvalue weighted by Crippen LogP contribution is -2.09. The van der Waals surface area contributed by atoms with Crippen molar-refractivity contribution >= 4 is 56.9 Å². The molecule has 0 radical (unpaired) electrons. The van der Waals surface area contributed by atoms with Gasteiger partial charge in [0.25, 0.3) is 0 Å². The molecule has 0 atom stereocenters. The maximum Gasteiger partial charge on any atom is 0.335 e. The van der Waals surface area contributed by atoms with E-state index in [0.717, 1.165) is 0 Å². The van der Waals surface area contributed by atoms with Crippen LogP contribution in [0.15, 0.2) is 36.4 Å². The van der Waals surface area contributed by atoms with Gasteiger partial charge in [-0.05, 0) is 81.6 Å². The molecule has 1 N–H and O–H groups in total. The quantitative estimate of drug-likeness (QED) is 0.504. The van der Waals surface area contributed by atoms with E-state index in [9.17, 15) is 9.59 Å². The molecule has 0 aliphatic carbocycles. The van der Waals surface area contributed by atoms with Gasteiger partial charge in [0.05, 0.1) is 12.7 Å². The summed E-state index contributed by atoms with van der Waals surface area (Å²) < 4.78 is 6.31. The van der Waals surface area contributed by atoms with Gasteiger partial charge in [-0.2, -0.15) is 0 Å². The van der Waals surface area contributed by atoms with Crippen molar-refractivity contribution in [2.75, 3.05) is 7.11 Å². The molecule has 4 nitrogen and oxygen atoms in total. The Labute approximate surface area is 148 Å². The van der Waals surface area contributed by atoms with E-state index in [1.54, 1.807) is 31.4 Å². The van der Waals surface area contributed by atoms with E-state index in [1.807, 2.05) is 45.2 Å². The SMILES string of the molecule is COc1ccc(C(=O)c2c(I)cc(C(=O)O)cc2I)cc1. The number of carboxylic acids is 1. The van der Waals surface area contributed by atoms with Crippen LogP contribution in [0.4, 0.5) is 0 Å². The number of carbonyl (C=O) groups is 2. The minimum absolute atomic E-state index is 0.136. The highest BCUT2D eigenvalue weighted by molar-refractivity contribution is 14.1. The molecule has 21 heavy (non-hydrogen) atoms. The summed E-state index contributed by atoms with van der Waals surface area (Å²) in [5.41, 5.74) is 1.23. The number of benzene rings is 2. The van der Waals surface area contributed by atoms with E-state index in [4.69, 9.17) is 9.84 Å². The number of aromatic carboxylic acids is 1. The third-order valence-electron chi connectivity index (χ3n) is 2.87. The Kier molecular flexibility index (Phi) is 5.20. The van der Waals surface area contributed by atoms with Crippen molar-refractivity contribution in [1.29, 1.82) is 0 Å². The van der Waals surface area contributed by atoms with Crippen LogP contribution >= 0.6 is 45.2 Å². The third-order valence-corrected chi connectivity index (χ3v) is 4.57. The Morgan fingerprint density at radius 3 is 1.95 bits per heavy atom. The minimum Gasteiger partial charge on any atom is -0.497 e. The van der Waals surface area contributed by atoms with Gasteiger partial charge in [0, 0.05) is 18.3 Å². The Hall–Kier alpha value is -1.16. The lowest BCUT2D eigenvalue weighted by molar-refractivity contribution is 0.0696. The van der Waals surface area contributed by atoms with Crippen LogP contribution in [0.2, 0.25) is 0 Å². The van der Waals surface area contributed by atoms with Crippen molar-refractivity contribution in [3.05, 3.63) is 60.2 Å². The summed E-state index contributed by atoms with van der Waals surface area (Å²) in [5.74, 6) is -0.463. The number of ketones is 1. The molecule has 0 aromatic heterocycles. The zero-order valence-corrected chi connectivity index (χ0v) is 15.2. The van der Waals surface area contributed by atoms with Crippen LogP contribution in [-0.4, -0.2) is 24.0 Å². The zero-order valence-electron chi connectivity index (χ0n) is 10.9. The molecule has 0 spiro atoms. The van der Waals surface area contributed by atoms with Crippen LogP contribution in [0.1, 0.15) is 26.3 Å². The van der Waals surface area contributed by atoms with Gasteiger partial charge in [-0.25, -0.2) is 4.79 Å². The smallest absolute Gasteiger partial charge is 0.335 e. The minimum atomic E-state index is -1.01. The highest BCUT2D eigenvalue weighted by Crippen LogP contribution is 2.25. The Morgan fingerprint density at radius 1 is 1.00 bits per heavy atom. The van der Waals surface area contributed by atoms with Crippen molar-refractivity contribution in [2.24, 2.45) is 0 Å². The van der Waals surface area contributed by atoms with Crippen molar-refractivity contribution in [3.8, 4) is 5.75 Å². The van der Waals surface area contributed by atoms with Gasteiger partial charge in [0.1, 0.15) is 5.75 Å². The zero-order chi connectivity index (χ0) is 15.6. The van der Waals surface area contributed by atoms with Gasteiger partial charge < -0.3 is 9.84 Å². The standard InChI is InChI=1S/C15H10I2O4/c1-21-10-4-2-8(3-5-10)14(18)13-11(16)6-9(15(19)20)7-12(13)17/h2-7H,1H3,(H,19,20). The fourth-order valence-electron chi connectivity index (χ4n) is 1.80. The maximum absolute atomic E-state index is 12.6.